The van der Waals surface area contributed by atoms with Gasteiger partial charge in [-0.1, -0.05) is 30.8 Å². The van der Waals surface area contributed by atoms with Crippen LogP contribution in [0.25, 0.3) is 10.9 Å². The number of ether oxygens (including phenoxy) is 1. The Balaban J connectivity index is 2.19. The predicted octanol–water partition coefficient (Wildman–Crippen LogP) is 2.08. The fourth-order valence-corrected chi connectivity index (χ4v) is 1.71. The topological polar surface area (TPSA) is 56.3 Å². The maximum Gasteiger partial charge on any atom is 0.340 e. The van der Waals surface area contributed by atoms with Crippen LogP contribution in [0.5, 0.6) is 0 Å². The van der Waals surface area contributed by atoms with Gasteiger partial charge in [0.15, 0.2) is 5.78 Å². The number of methoxy groups -OCH3 is 1. The number of para-hydroxylation sites is 1. The number of aromatic nitrogens is 1. The quantitative estimate of drug-likeness (QED) is 0.363. The van der Waals surface area contributed by atoms with Crippen LogP contribution in [-0.2, 0) is 20.7 Å². The van der Waals surface area contributed by atoms with E-state index in [9.17, 15) is 9.59 Å². The standard InChI is InChI=1S/C15H13NO3/c1-10(15(18)19-2)14(17)9-12-8-7-11-5-3-4-6-13(11)16-12/h3-8H,1,9H2,2H3. The summed E-state index contributed by atoms with van der Waals surface area (Å²) in [6.07, 6.45) is 0.0404. The average Bonchev–Trinajstić information content (AvgIpc) is 2.45. The van der Waals surface area contributed by atoms with Gasteiger partial charge in [0.05, 0.1) is 24.6 Å². The molecular weight excluding hydrogens is 242 g/mol. The van der Waals surface area contributed by atoms with Crippen LogP contribution in [0.15, 0.2) is 48.6 Å². The summed E-state index contributed by atoms with van der Waals surface area (Å²) in [6, 6.07) is 11.3. The van der Waals surface area contributed by atoms with E-state index in [1.54, 1.807) is 6.07 Å². The van der Waals surface area contributed by atoms with Gasteiger partial charge >= 0.3 is 5.97 Å². The monoisotopic (exact) mass is 255 g/mol. The Morgan fingerprint density at radius 1 is 1.21 bits per heavy atom. The average molecular weight is 255 g/mol. The molecule has 4 heteroatoms. The van der Waals surface area contributed by atoms with E-state index in [4.69, 9.17) is 0 Å². The SMILES string of the molecule is C=C(C(=O)Cc1ccc2ccccc2n1)C(=O)OC. The maximum atomic E-state index is 11.8. The van der Waals surface area contributed by atoms with Crippen molar-refractivity contribution in [2.75, 3.05) is 7.11 Å². The lowest BCUT2D eigenvalue weighted by atomic mass is 10.1. The molecule has 2 aromatic rings. The highest BCUT2D eigenvalue weighted by Gasteiger charge is 2.17. The van der Waals surface area contributed by atoms with E-state index in [1.807, 2.05) is 30.3 Å². The molecular formula is C15H13NO3. The third kappa shape index (κ3) is 2.85. The Labute approximate surface area is 110 Å². The number of carbonyl (C=O) groups excluding carboxylic acids is 2. The molecule has 4 nitrogen and oxygen atoms in total. The summed E-state index contributed by atoms with van der Waals surface area (Å²) in [6.45, 7) is 3.43. The summed E-state index contributed by atoms with van der Waals surface area (Å²) in [4.78, 5) is 27.4. The molecule has 19 heavy (non-hydrogen) atoms. The van der Waals surface area contributed by atoms with Gasteiger partial charge in [-0.2, -0.15) is 0 Å². The first-order valence-electron chi connectivity index (χ1n) is 5.77. The molecule has 2 rings (SSSR count). The minimum Gasteiger partial charge on any atom is -0.465 e. The molecule has 0 amide bonds. The van der Waals surface area contributed by atoms with Crippen molar-refractivity contribution >= 4 is 22.7 Å². The number of pyridine rings is 1. The minimum absolute atomic E-state index is 0.0404. The molecule has 0 spiro atoms. The minimum atomic E-state index is -0.703. The molecule has 0 saturated heterocycles. The maximum absolute atomic E-state index is 11.8. The zero-order valence-corrected chi connectivity index (χ0v) is 10.6. The largest absolute Gasteiger partial charge is 0.465 e. The zero-order valence-electron chi connectivity index (χ0n) is 10.6. The van der Waals surface area contributed by atoms with Crippen LogP contribution in [0.4, 0.5) is 0 Å². The molecule has 0 unspecified atom stereocenters. The van der Waals surface area contributed by atoms with Crippen LogP contribution in [0.2, 0.25) is 0 Å². The number of ketones is 1. The van der Waals surface area contributed by atoms with Crippen molar-refractivity contribution in [3.8, 4) is 0 Å². The summed E-state index contributed by atoms with van der Waals surface area (Å²) in [5.41, 5.74) is 1.27. The summed E-state index contributed by atoms with van der Waals surface area (Å²) in [7, 11) is 1.22. The van der Waals surface area contributed by atoms with E-state index < -0.39 is 5.97 Å². The summed E-state index contributed by atoms with van der Waals surface area (Å²) in [5.74, 6) is -1.08. The van der Waals surface area contributed by atoms with Crippen LogP contribution in [-0.4, -0.2) is 23.8 Å². The Kier molecular flexibility index (Phi) is 3.71. The second kappa shape index (κ2) is 5.44. The lowest BCUT2D eigenvalue weighted by molar-refractivity contribution is -0.137. The highest BCUT2D eigenvalue weighted by atomic mass is 16.5. The second-order valence-electron chi connectivity index (χ2n) is 4.07. The van der Waals surface area contributed by atoms with E-state index in [2.05, 4.69) is 16.3 Å². The molecule has 0 radical (unpaired) electrons. The van der Waals surface area contributed by atoms with Crippen LogP contribution in [0.3, 0.4) is 0 Å². The van der Waals surface area contributed by atoms with Crippen molar-refractivity contribution in [2.24, 2.45) is 0 Å². The van der Waals surface area contributed by atoms with Crippen molar-refractivity contribution in [3.63, 3.8) is 0 Å². The van der Waals surface area contributed by atoms with Crippen LogP contribution < -0.4 is 0 Å². The fraction of sp³-hybridized carbons (Fsp3) is 0.133. The van der Waals surface area contributed by atoms with Gasteiger partial charge in [-0.3, -0.25) is 9.78 Å². The summed E-state index contributed by atoms with van der Waals surface area (Å²) < 4.78 is 4.46. The molecule has 96 valence electrons. The van der Waals surface area contributed by atoms with Gasteiger partial charge in [-0.25, -0.2) is 4.79 Å². The molecule has 1 aromatic carbocycles. The Bertz CT molecular complexity index is 661. The van der Waals surface area contributed by atoms with Crippen molar-refractivity contribution in [1.82, 2.24) is 4.98 Å². The van der Waals surface area contributed by atoms with Crippen LogP contribution >= 0.6 is 0 Å². The van der Waals surface area contributed by atoms with E-state index in [0.717, 1.165) is 10.9 Å². The van der Waals surface area contributed by atoms with E-state index >= 15 is 0 Å². The second-order valence-corrected chi connectivity index (χ2v) is 4.07. The molecule has 0 aliphatic carbocycles. The van der Waals surface area contributed by atoms with E-state index in [0.29, 0.717) is 5.69 Å². The molecule has 0 fully saturated rings. The van der Waals surface area contributed by atoms with Gasteiger partial charge in [-0.15, -0.1) is 0 Å². The van der Waals surface area contributed by atoms with Gasteiger partial charge in [0, 0.05) is 11.1 Å². The number of hydrogen-bond acceptors (Lipinski definition) is 4. The summed E-state index contributed by atoms with van der Waals surface area (Å²) in [5, 5.41) is 1.01. The number of fused-ring (bicyclic) bond motifs is 1. The Hall–Kier alpha value is -2.49. The zero-order chi connectivity index (χ0) is 13.8. The number of nitrogens with zero attached hydrogens (tertiary/aromatic N) is 1. The Morgan fingerprint density at radius 2 is 1.95 bits per heavy atom. The third-order valence-corrected chi connectivity index (χ3v) is 2.77. The summed E-state index contributed by atoms with van der Waals surface area (Å²) >= 11 is 0. The van der Waals surface area contributed by atoms with Crippen LogP contribution in [0, 0.1) is 0 Å². The lowest BCUT2D eigenvalue weighted by Crippen LogP contribution is -2.15. The number of benzene rings is 1. The lowest BCUT2D eigenvalue weighted by Gasteiger charge is -2.04. The van der Waals surface area contributed by atoms with Crippen molar-refractivity contribution in [1.29, 1.82) is 0 Å². The molecule has 0 bridgehead atoms. The molecule has 0 aliphatic heterocycles. The number of esters is 1. The van der Waals surface area contributed by atoms with Gasteiger partial charge in [0.25, 0.3) is 0 Å². The third-order valence-electron chi connectivity index (χ3n) is 2.77. The van der Waals surface area contributed by atoms with Gasteiger partial charge < -0.3 is 4.74 Å². The predicted molar refractivity (Wildman–Crippen MR) is 71.6 cm³/mol. The number of rotatable bonds is 4. The molecule has 1 heterocycles. The van der Waals surface area contributed by atoms with Crippen molar-refractivity contribution in [2.45, 2.75) is 6.42 Å². The first-order valence-corrected chi connectivity index (χ1v) is 5.77. The number of Topliss-reactive ketones (excluding diaryl/α,β-unsaturated/α-hetero) is 1. The number of hydrogen-bond donors (Lipinski definition) is 0. The highest BCUT2D eigenvalue weighted by molar-refractivity contribution is 6.17. The fourth-order valence-electron chi connectivity index (χ4n) is 1.71. The first-order chi connectivity index (χ1) is 9.11. The van der Waals surface area contributed by atoms with E-state index in [1.165, 1.54) is 7.11 Å². The molecule has 0 aliphatic rings. The van der Waals surface area contributed by atoms with Crippen molar-refractivity contribution < 1.29 is 14.3 Å². The molecule has 0 N–H and O–H groups in total. The molecule has 1 aromatic heterocycles. The highest BCUT2D eigenvalue weighted by Crippen LogP contribution is 2.13. The Morgan fingerprint density at radius 3 is 2.68 bits per heavy atom. The number of carbonyl (C=O) groups is 2. The molecule has 0 saturated carbocycles. The molecule has 0 atom stereocenters. The van der Waals surface area contributed by atoms with Gasteiger partial charge in [-0.05, 0) is 12.1 Å². The van der Waals surface area contributed by atoms with Crippen LogP contribution in [0.1, 0.15) is 5.69 Å². The smallest absolute Gasteiger partial charge is 0.340 e. The van der Waals surface area contributed by atoms with Crippen molar-refractivity contribution in [3.05, 3.63) is 54.2 Å². The normalized spacial score (nSPS) is 10.2. The first kappa shape index (κ1) is 13.0. The van der Waals surface area contributed by atoms with E-state index in [-0.39, 0.29) is 17.8 Å². The van der Waals surface area contributed by atoms with Gasteiger partial charge in [0.1, 0.15) is 0 Å². The van der Waals surface area contributed by atoms with Gasteiger partial charge in [0.2, 0.25) is 0 Å².